The van der Waals surface area contributed by atoms with Gasteiger partial charge in [-0.2, -0.15) is 0 Å². The van der Waals surface area contributed by atoms with Crippen LogP contribution in [0.4, 0.5) is 4.39 Å². The Kier molecular flexibility index (Phi) is 2.99. The molecule has 1 aromatic rings. The second-order valence-electron chi connectivity index (χ2n) is 3.55. The molecule has 2 unspecified atom stereocenters. The molecule has 0 radical (unpaired) electrons. The lowest BCUT2D eigenvalue weighted by Gasteiger charge is -2.11. The molecule has 1 aromatic heterocycles. The van der Waals surface area contributed by atoms with Gasteiger partial charge < -0.3 is 19.9 Å². The number of hydrogen-bond donors (Lipinski definition) is 3. The zero-order chi connectivity index (χ0) is 11.7. The minimum Gasteiger partial charge on any atom is -0.394 e. The summed E-state index contributed by atoms with van der Waals surface area (Å²) in [6.07, 6.45) is -2.85. The molecule has 1 saturated heterocycles. The maximum atomic E-state index is 13.6. The molecule has 88 valence electrons. The molecular weight excluding hydrogens is 219 g/mol. The van der Waals surface area contributed by atoms with Crippen LogP contribution in [0.5, 0.6) is 0 Å². The number of hydrogen-bond acceptors (Lipinski definition) is 5. The van der Waals surface area contributed by atoms with Crippen molar-refractivity contribution in [1.29, 1.82) is 0 Å². The molecule has 2 rings (SSSR count). The van der Waals surface area contributed by atoms with Crippen molar-refractivity contribution in [3.63, 3.8) is 0 Å². The lowest BCUT2D eigenvalue weighted by atomic mass is 10.1. The van der Waals surface area contributed by atoms with Crippen molar-refractivity contribution in [3.05, 3.63) is 28.4 Å². The number of alkyl halides is 1. The van der Waals surface area contributed by atoms with Crippen molar-refractivity contribution in [2.45, 2.75) is 24.5 Å². The highest BCUT2D eigenvalue weighted by Crippen LogP contribution is 2.33. The van der Waals surface area contributed by atoms with E-state index in [1.54, 1.807) is 0 Å². The van der Waals surface area contributed by atoms with E-state index >= 15 is 0 Å². The normalized spacial score (nSPS) is 34.2. The van der Waals surface area contributed by atoms with Crippen LogP contribution in [0.3, 0.4) is 0 Å². The highest BCUT2D eigenvalue weighted by Gasteiger charge is 2.45. The summed E-state index contributed by atoms with van der Waals surface area (Å²) in [6.45, 7) is -0.471. The third-order valence-corrected chi connectivity index (χ3v) is 2.48. The van der Waals surface area contributed by atoms with E-state index < -0.39 is 36.6 Å². The summed E-state index contributed by atoms with van der Waals surface area (Å²) in [6, 6.07) is 0. The molecule has 1 aliphatic heterocycles. The van der Waals surface area contributed by atoms with E-state index in [-0.39, 0.29) is 5.69 Å². The molecule has 0 saturated carbocycles. The van der Waals surface area contributed by atoms with Crippen LogP contribution in [-0.4, -0.2) is 45.2 Å². The van der Waals surface area contributed by atoms with Gasteiger partial charge in [0.25, 0.3) is 5.56 Å². The van der Waals surface area contributed by atoms with Crippen LogP contribution >= 0.6 is 0 Å². The van der Waals surface area contributed by atoms with Gasteiger partial charge in [-0.15, -0.1) is 0 Å². The van der Waals surface area contributed by atoms with Crippen LogP contribution in [0.1, 0.15) is 11.8 Å². The maximum Gasteiger partial charge on any atom is 0.266 e. The minimum atomic E-state index is -1.67. The van der Waals surface area contributed by atoms with Crippen molar-refractivity contribution in [3.8, 4) is 0 Å². The summed E-state index contributed by atoms with van der Waals surface area (Å²) in [5, 5.41) is 18.2. The van der Waals surface area contributed by atoms with Gasteiger partial charge in [-0.05, 0) is 0 Å². The molecule has 16 heavy (non-hydrogen) atoms. The SMILES string of the molecule is O=c1cnc([C@@H]2O[C@H](CO)C(O)C2F)c[nH]1. The summed E-state index contributed by atoms with van der Waals surface area (Å²) in [5.74, 6) is 0. The molecule has 2 heterocycles. The topological polar surface area (TPSA) is 95.4 Å². The number of aliphatic hydroxyl groups excluding tert-OH is 2. The van der Waals surface area contributed by atoms with Crippen molar-refractivity contribution in [2.75, 3.05) is 6.61 Å². The Bertz CT molecular complexity index is 404. The second-order valence-corrected chi connectivity index (χ2v) is 3.55. The fourth-order valence-corrected chi connectivity index (χ4v) is 1.62. The number of aromatic nitrogens is 2. The third kappa shape index (κ3) is 1.84. The smallest absolute Gasteiger partial charge is 0.266 e. The highest BCUT2D eigenvalue weighted by atomic mass is 19.1. The molecule has 6 nitrogen and oxygen atoms in total. The van der Waals surface area contributed by atoms with E-state index in [0.717, 1.165) is 6.20 Å². The molecule has 0 aromatic carbocycles. The Morgan fingerprint density at radius 1 is 1.62 bits per heavy atom. The molecule has 0 amide bonds. The quantitative estimate of drug-likeness (QED) is 0.599. The summed E-state index contributed by atoms with van der Waals surface area (Å²) in [5.41, 5.74) is -0.224. The predicted octanol–water partition coefficient (Wildman–Crippen LogP) is -1.10. The lowest BCUT2D eigenvalue weighted by molar-refractivity contribution is -0.0237. The fraction of sp³-hybridized carbons (Fsp3) is 0.556. The summed E-state index contributed by atoms with van der Waals surface area (Å²) >= 11 is 0. The molecule has 0 aliphatic carbocycles. The molecule has 4 atom stereocenters. The number of aromatic amines is 1. The van der Waals surface area contributed by atoms with E-state index in [0.29, 0.717) is 0 Å². The van der Waals surface area contributed by atoms with Crippen LogP contribution in [-0.2, 0) is 4.74 Å². The zero-order valence-corrected chi connectivity index (χ0v) is 8.21. The van der Waals surface area contributed by atoms with Gasteiger partial charge in [0.15, 0.2) is 6.17 Å². The molecule has 1 fully saturated rings. The van der Waals surface area contributed by atoms with Gasteiger partial charge in [-0.3, -0.25) is 9.78 Å². The van der Waals surface area contributed by atoms with Crippen molar-refractivity contribution in [2.24, 2.45) is 0 Å². The van der Waals surface area contributed by atoms with Crippen LogP contribution in [0.25, 0.3) is 0 Å². The Hall–Kier alpha value is -1.31. The van der Waals surface area contributed by atoms with Gasteiger partial charge >= 0.3 is 0 Å². The molecular formula is C9H11FN2O4. The number of aliphatic hydroxyl groups is 2. The Labute approximate surface area is 89.7 Å². The van der Waals surface area contributed by atoms with Crippen LogP contribution in [0.2, 0.25) is 0 Å². The van der Waals surface area contributed by atoms with Gasteiger partial charge in [0.2, 0.25) is 0 Å². The van der Waals surface area contributed by atoms with Crippen LogP contribution < -0.4 is 5.56 Å². The first-order valence-electron chi connectivity index (χ1n) is 4.76. The highest BCUT2D eigenvalue weighted by molar-refractivity contribution is 5.07. The van der Waals surface area contributed by atoms with Crippen molar-refractivity contribution < 1.29 is 19.3 Å². The Morgan fingerprint density at radius 2 is 2.38 bits per heavy atom. The minimum absolute atomic E-state index is 0.183. The van der Waals surface area contributed by atoms with Crippen LogP contribution in [0.15, 0.2) is 17.2 Å². The number of nitrogens with one attached hydrogen (secondary N) is 1. The zero-order valence-electron chi connectivity index (χ0n) is 8.21. The average Bonchev–Trinajstić information content (AvgIpc) is 2.57. The summed E-state index contributed by atoms with van der Waals surface area (Å²) in [4.78, 5) is 16.8. The van der Waals surface area contributed by atoms with E-state index in [2.05, 4.69) is 9.97 Å². The number of ether oxygens (including phenoxy) is 1. The number of halogens is 1. The van der Waals surface area contributed by atoms with E-state index in [1.807, 2.05) is 0 Å². The van der Waals surface area contributed by atoms with Gasteiger partial charge in [0.1, 0.15) is 18.3 Å². The fourth-order valence-electron chi connectivity index (χ4n) is 1.62. The Balaban J connectivity index is 2.22. The molecule has 1 aliphatic rings. The predicted molar refractivity (Wildman–Crippen MR) is 50.5 cm³/mol. The largest absolute Gasteiger partial charge is 0.394 e. The molecule has 0 spiro atoms. The maximum absolute atomic E-state index is 13.6. The van der Waals surface area contributed by atoms with Gasteiger partial charge in [0.05, 0.1) is 18.5 Å². The number of rotatable bonds is 2. The molecule has 7 heteroatoms. The number of nitrogens with zero attached hydrogens (tertiary/aromatic N) is 1. The van der Waals surface area contributed by atoms with Crippen LogP contribution in [0, 0.1) is 0 Å². The van der Waals surface area contributed by atoms with Gasteiger partial charge in [-0.25, -0.2) is 4.39 Å². The average molecular weight is 230 g/mol. The first-order chi connectivity index (χ1) is 7.63. The van der Waals surface area contributed by atoms with Crippen molar-refractivity contribution >= 4 is 0 Å². The van der Waals surface area contributed by atoms with E-state index in [1.165, 1.54) is 6.20 Å². The number of H-pyrrole nitrogens is 1. The van der Waals surface area contributed by atoms with Gasteiger partial charge in [-0.1, -0.05) is 0 Å². The van der Waals surface area contributed by atoms with E-state index in [9.17, 15) is 14.3 Å². The third-order valence-electron chi connectivity index (χ3n) is 2.48. The summed E-state index contributed by atoms with van der Waals surface area (Å²) < 4.78 is 18.7. The van der Waals surface area contributed by atoms with E-state index in [4.69, 9.17) is 9.84 Å². The Morgan fingerprint density at radius 3 is 2.88 bits per heavy atom. The molecule has 0 bridgehead atoms. The van der Waals surface area contributed by atoms with Crippen molar-refractivity contribution in [1.82, 2.24) is 9.97 Å². The molecule has 3 N–H and O–H groups in total. The second kappa shape index (κ2) is 4.28. The van der Waals surface area contributed by atoms with Gasteiger partial charge in [0, 0.05) is 6.20 Å². The first kappa shape index (κ1) is 11.2. The summed E-state index contributed by atoms with van der Waals surface area (Å²) in [7, 11) is 0. The lowest BCUT2D eigenvalue weighted by Crippen LogP contribution is -2.30. The monoisotopic (exact) mass is 230 g/mol. The standard InChI is InChI=1S/C9H11FN2O4/c10-7-8(15)5(3-13)16-9(7)4-1-12-6(14)2-11-4/h1-2,5,7-9,13,15H,3H2,(H,12,14)/t5-,7?,8?,9+/m1/s1. The first-order valence-corrected chi connectivity index (χ1v) is 4.76.